The van der Waals surface area contributed by atoms with Crippen molar-refractivity contribution in [1.82, 2.24) is 5.32 Å². The lowest BCUT2D eigenvalue weighted by molar-refractivity contribution is -0.147. The molecule has 0 radical (unpaired) electrons. The number of ether oxygens (including phenoxy) is 1. The van der Waals surface area contributed by atoms with Crippen LogP contribution < -0.4 is 5.32 Å². The summed E-state index contributed by atoms with van der Waals surface area (Å²) in [6.45, 7) is 3.56. The van der Waals surface area contributed by atoms with Gasteiger partial charge in [0.15, 0.2) is 0 Å². The molecule has 65 heavy (non-hydrogen) atoms. The normalized spacial score (nSPS) is 13.5. The lowest BCUT2D eigenvalue weighted by atomic mass is 10.0. The SMILES string of the molecule is CCCCC/C=C\C/C=C\C/C=C\C/C=C\CCCCCCCCCC(=O)OCC(O)COP(=O)(O)OCCNC(=O)CCCCCCCCCCCCCCCCCCCCCCC. The van der Waals surface area contributed by atoms with E-state index >= 15 is 0 Å². The monoisotopic (exact) mass is 936 g/mol. The van der Waals surface area contributed by atoms with Crippen LogP contribution in [0.15, 0.2) is 48.6 Å². The quantitative estimate of drug-likeness (QED) is 0.0238. The minimum absolute atomic E-state index is 0.0823. The number of unbranched alkanes of at least 4 members (excludes halogenated alkanes) is 30. The van der Waals surface area contributed by atoms with Gasteiger partial charge < -0.3 is 20.1 Å². The van der Waals surface area contributed by atoms with Crippen molar-refractivity contribution in [1.29, 1.82) is 0 Å². The van der Waals surface area contributed by atoms with Gasteiger partial charge in [0, 0.05) is 19.4 Å². The number of hydrogen-bond acceptors (Lipinski definition) is 7. The van der Waals surface area contributed by atoms with Crippen LogP contribution in [0.2, 0.25) is 0 Å². The highest BCUT2D eigenvalue weighted by Crippen LogP contribution is 2.42. The van der Waals surface area contributed by atoms with E-state index in [-0.39, 0.29) is 32.1 Å². The molecule has 2 unspecified atom stereocenters. The fourth-order valence-corrected chi connectivity index (χ4v) is 8.42. The minimum atomic E-state index is -4.43. The number of phosphoric ester groups is 1. The topological polar surface area (TPSA) is 131 Å². The van der Waals surface area contributed by atoms with Crippen molar-refractivity contribution < 1.29 is 37.9 Å². The average molecular weight is 936 g/mol. The number of esters is 1. The number of phosphoric acid groups is 1. The fraction of sp³-hybridized carbons (Fsp3) is 0.818. The molecule has 0 aliphatic rings. The lowest BCUT2D eigenvalue weighted by Gasteiger charge is -2.15. The first-order valence-corrected chi connectivity index (χ1v) is 28.6. The molecule has 0 aliphatic heterocycles. The predicted octanol–water partition coefficient (Wildman–Crippen LogP) is 16.2. The van der Waals surface area contributed by atoms with Gasteiger partial charge in [0.1, 0.15) is 12.7 Å². The Bertz CT molecular complexity index is 1200. The number of nitrogens with one attached hydrogen (secondary N) is 1. The first kappa shape index (κ1) is 63.0. The summed E-state index contributed by atoms with van der Waals surface area (Å²) in [7, 11) is -4.43. The summed E-state index contributed by atoms with van der Waals surface area (Å²) >= 11 is 0. The minimum Gasteiger partial charge on any atom is -0.463 e. The second-order valence-corrected chi connectivity index (χ2v) is 19.7. The van der Waals surface area contributed by atoms with Gasteiger partial charge in [-0.25, -0.2) is 4.57 Å². The number of carbonyl (C=O) groups excluding carboxylic acids is 2. The van der Waals surface area contributed by atoms with Crippen LogP contribution in [-0.4, -0.2) is 54.3 Å². The van der Waals surface area contributed by atoms with E-state index in [0.717, 1.165) is 70.6 Å². The Kier molecular flexibility index (Phi) is 49.8. The highest BCUT2D eigenvalue weighted by Gasteiger charge is 2.23. The van der Waals surface area contributed by atoms with Crippen molar-refractivity contribution in [3.05, 3.63) is 48.6 Å². The van der Waals surface area contributed by atoms with Crippen LogP contribution in [0.3, 0.4) is 0 Å². The molecular weight excluding hydrogens is 834 g/mol. The Morgan fingerprint density at radius 1 is 0.477 bits per heavy atom. The number of aliphatic hydroxyl groups is 1. The highest BCUT2D eigenvalue weighted by molar-refractivity contribution is 7.47. The number of hydrogen-bond donors (Lipinski definition) is 3. The number of carbonyl (C=O) groups is 2. The van der Waals surface area contributed by atoms with E-state index in [1.807, 2.05) is 0 Å². The standard InChI is InChI=1S/C55H102NO8P/c1-3-5-7-9-11-13-15-17-19-21-23-25-26-28-30-32-34-36-38-40-42-44-46-48-55(59)62-51-53(57)52-64-65(60,61)63-50-49-56-54(58)47-45-43-41-39-37-35-33-31-29-27-24-22-20-18-16-14-12-10-8-6-4-2/h11,13,17,19,23,25,28,30,53,57H,3-10,12,14-16,18,20-22,24,26-27,29,31-52H2,1-2H3,(H,56,58)(H,60,61)/b13-11-,19-17-,25-23-,30-28-. The van der Waals surface area contributed by atoms with Crippen LogP contribution in [0.1, 0.15) is 258 Å². The zero-order chi connectivity index (χ0) is 47.4. The van der Waals surface area contributed by atoms with Gasteiger partial charge in [-0.05, 0) is 57.8 Å². The lowest BCUT2D eigenvalue weighted by Crippen LogP contribution is -2.27. The predicted molar refractivity (Wildman–Crippen MR) is 275 cm³/mol. The Labute approximate surface area is 400 Å². The molecule has 0 saturated heterocycles. The first-order valence-electron chi connectivity index (χ1n) is 27.1. The van der Waals surface area contributed by atoms with Crippen molar-refractivity contribution in [2.45, 2.75) is 264 Å². The van der Waals surface area contributed by atoms with Crippen LogP contribution >= 0.6 is 7.82 Å². The summed E-state index contributed by atoms with van der Waals surface area (Å²) in [5.41, 5.74) is 0. The molecule has 380 valence electrons. The van der Waals surface area contributed by atoms with Gasteiger partial charge in [-0.15, -0.1) is 0 Å². The third-order valence-electron chi connectivity index (χ3n) is 11.8. The van der Waals surface area contributed by atoms with Crippen LogP contribution in [0.4, 0.5) is 0 Å². The fourth-order valence-electron chi connectivity index (χ4n) is 7.66. The average Bonchev–Trinajstić information content (AvgIpc) is 3.29. The number of rotatable bonds is 51. The van der Waals surface area contributed by atoms with E-state index in [1.54, 1.807) is 0 Å². The van der Waals surface area contributed by atoms with E-state index in [0.29, 0.717) is 6.42 Å². The summed E-state index contributed by atoms with van der Waals surface area (Å²) in [5.74, 6) is -0.519. The van der Waals surface area contributed by atoms with E-state index < -0.39 is 26.5 Å². The van der Waals surface area contributed by atoms with E-state index in [2.05, 4.69) is 67.8 Å². The molecular formula is C55H102NO8P. The first-order chi connectivity index (χ1) is 31.8. The molecule has 2 atom stereocenters. The molecule has 0 aromatic rings. The molecule has 3 N–H and O–H groups in total. The van der Waals surface area contributed by atoms with E-state index in [4.69, 9.17) is 13.8 Å². The summed E-state index contributed by atoms with van der Waals surface area (Å²) in [5, 5.41) is 12.8. The Balaban J connectivity index is 3.56. The molecule has 0 aromatic carbocycles. The number of amides is 1. The van der Waals surface area contributed by atoms with Gasteiger partial charge in [-0.1, -0.05) is 236 Å². The van der Waals surface area contributed by atoms with Crippen molar-refractivity contribution in [2.75, 3.05) is 26.4 Å². The van der Waals surface area contributed by atoms with Crippen LogP contribution in [0.5, 0.6) is 0 Å². The molecule has 0 saturated carbocycles. The molecule has 0 heterocycles. The molecule has 9 nitrogen and oxygen atoms in total. The molecule has 1 amide bonds. The smallest absolute Gasteiger partial charge is 0.463 e. The van der Waals surface area contributed by atoms with Gasteiger partial charge in [0.25, 0.3) is 0 Å². The van der Waals surface area contributed by atoms with Crippen molar-refractivity contribution >= 4 is 19.7 Å². The van der Waals surface area contributed by atoms with Gasteiger partial charge in [0.2, 0.25) is 5.91 Å². The maximum Gasteiger partial charge on any atom is 0.472 e. The number of allylic oxidation sites excluding steroid dienone is 8. The summed E-state index contributed by atoms with van der Waals surface area (Å²) in [4.78, 5) is 34.1. The zero-order valence-corrected chi connectivity index (χ0v) is 43.1. The van der Waals surface area contributed by atoms with E-state index in [1.165, 1.54) is 161 Å². The van der Waals surface area contributed by atoms with Crippen LogP contribution in [0, 0.1) is 0 Å². The molecule has 0 bridgehead atoms. The van der Waals surface area contributed by atoms with Gasteiger partial charge >= 0.3 is 13.8 Å². The third kappa shape index (κ3) is 52.8. The maximum absolute atomic E-state index is 12.2. The second-order valence-electron chi connectivity index (χ2n) is 18.2. The number of aliphatic hydroxyl groups excluding tert-OH is 1. The van der Waals surface area contributed by atoms with Crippen LogP contribution in [0.25, 0.3) is 0 Å². The molecule has 0 spiro atoms. The Hall–Kier alpha value is -2.03. The molecule has 0 aliphatic carbocycles. The zero-order valence-electron chi connectivity index (χ0n) is 42.2. The Morgan fingerprint density at radius 2 is 0.831 bits per heavy atom. The molecule has 10 heteroatoms. The second kappa shape index (κ2) is 51.4. The maximum atomic E-state index is 12.2. The van der Waals surface area contributed by atoms with Gasteiger partial charge in [-0.2, -0.15) is 0 Å². The van der Waals surface area contributed by atoms with Crippen molar-refractivity contribution in [2.24, 2.45) is 0 Å². The van der Waals surface area contributed by atoms with Gasteiger partial charge in [-0.3, -0.25) is 18.6 Å². The van der Waals surface area contributed by atoms with Crippen molar-refractivity contribution in [3.63, 3.8) is 0 Å². The summed E-state index contributed by atoms with van der Waals surface area (Å²) in [6.07, 6.45) is 61.9. The van der Waals surface area contributed by atoms with Crippen molar-refractivity contribution in [3.8, 4) is 0 Å². The molecule has 0 fully saturated rings. The van der Waals surface area contributed by atoms with Crippen LogP contribution in [-0.2, 0) is 27.9 Å². The molecule has 0 aromatic heterocycles. The Morgan fingerprint density at radius 3 is 1.28 bits per heavy atom. The van der Waals surface area contributed by atoms with Gasteiger partial charge in [0.05, 0.1) is 13.2 Å². The summed E-state index contributed by atoms with van der Waals surface area (Å²) in [6, 6.07) is 0. The van der Waals surface area contributed by atoms with E-state index in [9.17, 15) is 24.2 Å². The highest BCUT2D eigenvalue weighted by atomic mass is 31.2. The largest absolute Gasteiger partial charge is 0.472 e. The summed E-state index contributed by atoms with van der Waals surface area (Å²) < 4.78 is 27.0. The third-order valence-corrected chi connectivity index (χ3v) is 12.7. The molecule has 0 rings (SSSR count).